The molecule has 2 aromatic rings. The van der Waals surface area contributed by atoms with Crippen LogP contribution in [0.25, 0.3) is 11.0 Å². The van der Waals surface area contributed by atoms with Crippen LogP contribution in [0.5, 0.6) is 0 Å². The van der Waals surface area contributed by atoms with Crippen molar-refractivity contribution in [3.8, 4) is 0 Å². The van der Waals surface area contributed by atoms with E-state index in [-0.39, 0.29) is 24.0 Å². The van der Waals surface area contributed by atoms with E-state index in [2.05, 4.69) is 57.2 Å². The number of para-hydroxylation sites is 2. The maximum absolute atomic E-state index is 5.74. The standard InChI is InChI=1S/C21H33N5O2.HI/c1-3-22-21(23-10-6-13-27-15-18-9-14-28-16-18)24-11-12-26-17(2)25-19-7-4-5-8-20(19)26;/h4-5,7-8,18H,3,6,9-16H2,1-2H3,(H2,22,23,24);1H. The van der Waals surface area contributed by atoms with Crippen molar-refractivity contribution in [3.63, 3.8) is 0 Å². The zero-order valence-corrected chi connectivity index (χ0v) is 19.9. The van der Waals surface area contributed by atoms with E-state index in [9.17, 15) is 0 Å². The van der Waals surface area contributed by atoms with Crippen molar-refractivity contribution in [3.05, 3.63) is 30.1 Å². The third-order valence-electron chi connectivity index (χ3n) is 4.91. The Balaban J connectivity index is 0.00000300. The SMILES string of the molecule is CCNC(=NCCCOCC1CCOC1)NCCn1c(C)nc2ccccc21.I. The summed E-state index contributed by atoms with van der Waals surface area (Å²) in [5, 5.41) is 6.73. The van der Waals surface area contributed by atoms with Crippen molar-refractivity contribution < 1.29 is 9.47 Å². The number of imidazole rings is 1. The van der Waals surface area contributed by atoms with Crippen LogP contribution < -0.4 is 10.6 Å². The van der Waals surface area contributed by atoms with Gasteiger partial charge >= 0.3 is 0 Å². The molecule has 1 atom stereocenters. The van der Waals surface area contributed by atoms with Gasteiger partial charge in [0.2, 0.25) is 0 Å². The number of nitrogens with one attached hydrogen (secondary N) is 2. The number of ether oxygens (including phenoxy) is 2. The van der Waals surface area contributed by atoms with Gasteiger partial charge < -0.3 is 24.7 Å². The number of rotatable bonds is 10. The minimum Gasteiger partial charge on any atom is -0.381 e. The maximum atomic E-state index is 5.74. The molecule has 1 aliphatic heterocycles. The first kappa shape index (κ1) is 23.9. The highest BCUT2D eigenvalue weighted by atomic mass is 127. The fraction of sp³-hybridized carbons (Fsp3) is 0.619. The number of fused-ring (bicyclic) bond motifs is 1. The Hall–Kier alpha value is -1.39. The Morgan fingerprint density at radius 2 is 2.21 bits per heavy atom. The highest BCUT2D eigenvalue weighted by molar-refractivity contribution is 14.0. The second-order valence-electron chi connectivity index (χ2n) is 7.14. The predicted octanol–water partition coefficient (Wildman–Crippen LogP) is 2.96. The van der Waals surface area contributed by atoms with Crippen LogP contribution in [0.1, 0.15) is 25.6 Å². The molecule has 7 nitrogen and oxygen atoms in total. The number of hydrogen-bond donors (Lipinski definition) is 2. The predicted molar refractivity (Wildman–Crippen MR) is 128 cm³/mol. The lowest BCUT2D eigenvalue weighted by atomic mass is 10.1. The minimum atomic E-state index is 0. The summed E-state index contributed by atoms with van der Waals surface area (Å²) in [4.78, 5) is 9.27. The van der Waals surface area contributed by atoms with Crippen LogP contribution in [0.4, 0.5) is 0 Å². The molecule has 8 heteroatoms. The van der Waals surface area contributed by atoms with E-state index in [1.165, 1.54) is 5.52 Å². The van der Waals surface area contributed by atoms with E-state index >= 15 is 0 Å². The molecule has 1 aliphatic rings. The number of aryl methyl sites for hydroxylation is 1. The van der Waals surface area contributed by atoms with Crippen molar-refractivity contribution in [2.45, 2.75) is 33.2 Å². The molecule has 3 rings (SSSR count). The van der Waals surface area contributed by atoms with Crippen LogP contribution >= 0.6 is 24.0 Å². The normalized spacial score (nSPS) is 16.8. The molecule has 0 aliphatic carbocycles. The number of guanidine groups is 1. The Bertz CT molecular complexity index is 759. The van der Waals surface area contributed by atoms with E-state index in [4.69, 9.17) is 9.47 Å². The third-order valence-corrected chi connectivity index (χ3v) is 4.91. The average molecular weight is 515 g/mol. The molecule has 1 unspecified atom stereocenters. The van der Waals surface area contributed by atoms with Gasteiger partial charge in [-0.2, -0.15) is 0 Å². The number of hydrogen-bond acceptors (Lipinski definition) is 4. The van der Waals surface area contributed by atoms with Gasteiger partial charge in [-0.25, -0.2) is 4.98 Å². The summed E-state index contributed by atoms with van der Waals surface area (Å²) in [5.74, 6) is 2.47. The first-order valence-electron chi connectivity index (χ1n) is 10.4. The lowest BCUT2D eigenvalue weighted by Crippen LogP contribution is -2.39. The van der Waals surface area contributed by atoms with E-state index in [0.29, 0.717) is 5.92 Å². The molecule has 1 aromatic heterocycles. The van der Waals surface area contributed by atoms with Crippen LogP contribution in [-0.4, -0.2) is 61.6 Å². The van der Waals surface area contributed by atoms with Gasteiger partial charge in [-0.15, -0.1) is 24.0 Å². The third kappa shape index (κ3) is 7.42. The summed E-state index contributed by atoms with van der Waals surface area (Å²) in [6.45, 7) is 10.7. The summed E-state index contributed by atoms with van der Waals surface area (Å²) < 4.78 is 13.4. The average Bonchev–Trinajstić information content (AvgIpc) is 3.32. The Morgan fingerprint density at radius 1 is 1.34 bits per heavy atom. The van der Waals surface area contributed by atoms with E-state index in [1.54, 1.807) is 0 Å². The molecule has 0 radical (unpaired) electrons. The molecule has 162 valence electrons. The Morgan fingerprint density at radius 3 is 3.00 bits per heavy atom. The van der Waals surface area contributed by atoms with Crippen molar-refractivity contribution in [1.29, 1.82) is 0 Å². The topological polar surface area (TPSA) is 72.7 Å². The Labute approximate surface area is 190 Å². The van der Waals surface area contributed by atoms with Crippen molar-refractivity contribution in [2.75, 3.05) is 46.1 Å². The Kier molecular flexibility index (Phi) is 10.7. The smallest absolute Gasteiger partial charge is 0.191 e. The quantitative estimate of drug-likeness (QED) is 0.220. The van der Waals surface area contributed by atoms with E-state index in [1.807, 2.05) is 6.07 Å². The molecule has 2 N–H and O–H groups in total. The second kappa shape index (κ2) is 13.0. The van der Waals surface area contributed by atoms with Gasteiger partial charge in [0.25, 0.3) is 0 Å². The number of halogens is 1. The van der Waals surface area contributed by atoms with Gasteiger partial charge in [0.15, 0.2) is 5.96 Å². The van der Waals surface area contributed by atoms with Crippen LogP contribution in [0.2, 0.25) is 0 Å². The second-order valence-corrected chi connectivity index (χ2v) is 7.14. The maximum Gasteiger partial charge on any atom is 0.191 e. The summed E-state index contributed by atoms with van der Waals surface area (Å²) in [7, 11) is 0. The first-order chi connectivity index (χ1) is 13.8. The van der Waals surface area contributed by atoms with Gasteiger partial charge in [-0.05, 0) is 38.8 Å². The van der Waals surface area contributed by atoms with Crippen LogP contribution in [0, 0.1) is 12.8 Å². The zero-order chi connectivity index (χ0) is 19.6. The molecule has 0 amide bonds. The van der Waals surface area contributed by atoms with Crippen molar-refractivity contribution in [2.24, 2.45) is 10.9 Å². The van der Waals surface area contributed by atoms with Crippen molar-refractivity contribution in [1.82, 2.24) is 20.2 Å². The van der Waals surface area contributed by atoms with Crippen molar-refractivity contribution >= 4 is 41.0 Å². The zero-order valence-electron chi connectivity index (χ0n) is 17.5. The number of benzene rings is 1. The summed E-state index contributed by atoms with van der Waals surface area (Å²) in [6.07, 6.45) is 2.05. The number of aliphatic imine (C=N–C) groups is 1. The van der Waals surface area contributed by atoms with E-state index < -0.39 is 0 Å². The van der Waals surface area contributed by atoms with E-state index in [0.717, 1.165) is 82.7 Å². The van der Waals surface area contributed by atoms with Crippen LogP contribution in [-0.2, 0) is 16.0 Å². The number of nitrogens with zero attached hydrogens (tertiary/aromatic N) is 3. The molecule has 0 spiro atoms. The molecule has 0 bridgehead atoms. The van der Waals surface area contributed by atoms with Gasteiger partial charge in [-0.3, -0.25) is 4.99 Å². The highest BCUT2D eigenvalue weighted by Gasteiger charge is 2.15. The lowest BCUT2D eigenvalue weighted by molar-refractivity contribution is 0.0893. The molecule has 29 heavy (non-hydrogen) atoms. The van der Waals surface area contributed by atoms with Crippen LogP contribution in [0.3, 0.4) is 0 Å². The summed E-state index contributed by atoms with van der Waals surface area (Å²) >= 11 is 0. The largest absolute Gasteiger partial charge is 0.381 e. The lowest BCUT2D eigenvalue weighted by Gasteiger charge is -2.13. The molecule has 1 aromatic carbocycles. The summed E-state index contributed by atoms with van der Waals surface area (Å²) in [5.41, 5.74) is 2.22. The van der Waals surface area contributed by atoms with Gasteiger partial charge in [0.1, 0.15) is 5.82 Å². The fourth-order valence-corrected chi connectivity index (χ4v) is 3.43. The molecule has 1 saturated heterocycles. The minimum absolute atomic E-state index is 0. The summed E-state index contributed by atoms with van der Waals surface area (Å²) in [6, 6.07) is 8.26. The molecule has 0 saturated carbocycles. The van der Waals surface area contributed by atoms with Gasteiger partial charge in [0.05, 0.1) is 24.2 Å². The molecule has 1 fully saturated rings. The first-order valence-corrected chi connectivity index (χ1v) is 10.4. The van der Waals surface area contributed by atoms with Gasteiger partial charge in [-0.1, -0.05) is 12.1 Å². The van der Waals surface area contributed by atoms with Crippen LogP contribution in [0.15, 0.2) is 29.3 Å². The molecular formula is C21H34IN5O2. The monoisotopic (exact) mass is 515 g/mol. The fourth-order valence-electron chi connectivity index (χ4n) is 3.43. The van der Waals surface area contributed by atoms with Gasteiger partial charge in [0, 0.05) is 45.3 Å². The number of aromatic nitrogens is 2. The molecule has 2 heterocycles. The highest BCUT2D eigenvalue weighted by Crippen LogP contribution is 2.15. The molecular weight excluding hydrogens is 481 g/mol.